The number of aromatic nitrogens is 3. The monoisotopic (exact) mass is 574 g/mol. The predicted molar refractivity (Wildman–Crippen MR) is 183 cm³/mol. The van der Waals surface area contributed by atoms with Gasteiger partial charge in [-0.05, 0) is 71.8 Å². The van der Waals surface area contributed by atoms with E-state index in [0.29, 0.717) is 11.4 Å². The minimum atomic E-state index is 0.617. The van der Waals surface area contributed by atoms with Crippen molar-refractivity contribution in [2.24, 2.45) is 0 Å². The Hall–Kier alpha value is -6.31. The average Bonchev–Trinajstić information content (AvgIpc) is 3.45. The van der Waals surface area contributed by atoms with Gasteiger partial charge >= 0.3 is 0 Å². The molecule has 45 heavy (non-hydrogen) atoms. The molecule has 8 rings (SSSR count). The molecule has 4 heteroatoms. The van der Waals surface area contributed by atoms with Gasteiger partial charge in [-0.1, -0.05) is 97.1 Å². The second-order valence-electron chi connectivity index (χ2n) is 11.0. The lowest BCUT2D eigenvalue weighted by molar-refractivity contribution is 1.17. The Morgan fingerprint density at radius 2 is 0.933 bits per heavy atom. The zero-order valence-corrected chi connectivity index (χ0v) is 24.3. The Morgan fingerprint density at radius 1 is 0.444 bits per heavy atom. The van der Waals surface area contributed by atoms with Crippen molar-refractivity contribution in [1.82, 2.24) is 14.5 Å². The van der Waals surface area contributed by atoms with Crippen LogP contribution in [0.4, 0.5) is 0 Å². The largest absolute Gasteiger partial charge is 0.309 e. The summed E-state index contributed by atoms with van der Waals surface area (Å²) in [6.45, 7) is 0. The van der Waals surface area contributed by atoms with Gasteiger partial charge in [-0.25, -0.2) is 9.97 Å². The molecule has 4 nitrogen and oxygen atoms in total. The zero-order valence-electron chi connectivity index (χ0n) is 24.3. The summed E-state index contributed by atoms with van der Waals surface area (Å²) in [5, 5.41) is 11.6. The van der Waals surface area contributed by atoms with Gasteiger partial charge in [0.05, 0.1) is 34.1 Å². The Bertz CT molecular complexity index is 2350. The summed E-state index contributed by atoms with van der Waals surface area (Å²) in [5.74, 6) is 0.650. The van der Waals surface area contributed by atoms with Gasteiger partial charge in [-0.2, -0.15) is 5.26 Å². The Kier molecular flexibility index (Phi) is 6.48. The molecule has 0 spiro atoms. The van der Waals surface area contributed by atoms with E-state index in [2.05, 4.69) is 108 Å². The third kappa shape index (κ3) is 4.83. The molecule has 0 fully saturated rings. The first kappa shape index (κ1) is 26.3. The van der Waals surface area contributed by atoms with Crippen LogP contribution >= 0.6 is 0 Å². The summed E-state index contributed by atoms with van der Waals surface area (Å²) in [5.41, 5.74) is 10.9. The lowest BCUT2D eigenvalue weighted by Gasteiger charge is -2.10. The summed E-state index contributed by atoms with van der Waals surface area (Å²) in [7, 11) is 0. The highest BCUT2D eigenvalue weighted by Crippen LogP contribution is 2.37. The molecule has 210 valence electrons. The van der Waals surface area contributed by atoms with E-state index in [4.69, 9.17) is 9.97 Å². The molecule has 8 aromatic rings. The molecule has 0 aliphatic heterocycles. The maximum Gasteiger partial charge on any atom is 0.160 e. The first-order valence-corrected chi connectivity index (χ1v) is 14.9. The normalized spacial score (nSPS) is 11.1. The van der Waals surface area contributed by atoms with Crippen molar-refractivity contribution in [2.75, 3.05) is 0 Å². The highest BCUT2D eigenvalue weighted by molar-refractivity contribution is 6.11. The van der Waals surface area contributed by atoms with Crippen LogP contribution in [0, 0.1) is 11.3 Å². The second-order valence-corrected chi connectivity index (χ2v) is 11.0. The summed E-state index contributed by atoms with van der Waals surface area (Å²) in [6, 6.07) is 56.2. The highest BCUT2D eigenvalue weighted by Gasteiger charge is 2.17. The quantitative estimate of drug-likeness (QED) is 0.205. The van der Waals surface area contributed by atoms with Gasteiger partial charge in [-0.15, -0.1) is 0 Å². The topological polar surface area (TPSA) is 54.5 Å². The maximum atomic E-state index is 9.33. The standard InChI is InChI=1S/C41H26N4/c42-27-28-16-18-31(19-17-28)38-26-37(30-12-6-2-7-13-30)43-41(44-38)33-21-23-40-36(25-33)35-24-32(29-10-4-1-5-11-29)20-22-39(35)45(40)34-14-8-3-9-15-34/h1-26H. The molecule has 0 saturated heterocycles. The molecule has 2 aromatic heterocycles. The van der Waals surface area contributed by atoms with E-state index in [1.165, 1.54) is 16.5 Å². The summed E-state index contributed by atoms with van der Waals surface area (Å²) < 4.78 is 2.33. The Labute approximate surface area is 261 Å². The number of benzene rings is 6. The van der Waals surface area contributed by atoms with E-state index in [-0.39, 0.29) is 0 Å². The molecule has 6 aromatic carbocycles. The number of fused-ring (bicyclic) bond motifs is 3. The van der Waals surface area contributed by atoms with Gasteiger partial charge in [0.1, 0.15) is 0 Å². The van der Waals surface area contributed by atoms with Crippen molar-refractivity contribution in [3.8, 4) is 56.8 Å². The first-order valence-electron chi connectivity index (χ1n) is 14.9. The number of para-hydroxylation sites is 1. The molecule has 0 amide bonds. The van der Waals surface area contributed by atoms with Gasteiger partial charge in [-0.3, -0.25) is 0 Å². The van der Waals surface area contributed by atoms with Crippen molar-refractivity contribution in [1.29, 1.82) is 5.26 Å². The van der Waals surface area contributed by atoms with E-state index in [1.54, 1.807) is 0 Å². The number of hydrogen-bond donors (Lipinski definition) is 0. The number of nitriles is 1. The van der Waals surface area contributed by atoms with Crippen molar-refractivity contribution >= 4 is 21.8 Å². The van der Waals surface area contributed by atoms with Crippen LogP contribution in [-0.4, -0.2) is 14.5 Å². The lowest BCUT2D eigenvalue weighted by Crippen LogP contribution is -1.96. The third-order valence-corrected chi connectivity index (χ3v) is 8.25. The van der Waals surface area contributed by atoms with Crippen LogP contribution < -0.4 is 0 Å². The zero-order chi connectivity index (χ0) is 30.2. The molecule has 0 saturated carbocycles. The van der Waals surface area contributed by atoms with Crippen LogP contribution in [0.5, 0.6) is 0 Å². The van der Waals surface area contributed by atoms with Gasteiger partial charge < -0.3 is 4.57 Å². The lowest BCUT2D eigenvalue weighted by atomic mass is 10.0. The average molecular weight is 575 g/mol. The third-order valence-electron chi connectivity index (χ3n) is 8.25. The minimum absolute atomic E-state index is 0.617. The molecular formula is C41H26N4. The van der Waals surface area contributed by atoms with Crippen molar-refractivity contribution < 1.29 is 0 Å². The fraction of sp³-hybridized carbons (Fsp3) is 0. The number of rotatable bonds is 5. The molecule has 2 heterocycles. The van der Waals surface area contributed by atoms with E-state index < -0.39 is 0 Å². The molecule has 0 bridgehead atoms. The van der Waals surface area contributed by atoms with Crippen LogP contribution in [0.3, 0.4) is 0 Å². The Balaban J connectivity index is 1.36. The van der Waals surface area contributed by atoms with Gasteiger partial charge in [0, 0.05) is 33.2 Å². The molecular weight excluding hydrogens is 548 g/mol. The molecule has 0 atom stereocenters. The molecule has 0 unspecified atom stereocenters. The summed E-state index contributed by atoms with van der Waals surface area (Å²) in [4.78, 5) is 10.2. The van der Waals surface area contributed by atoms with Crippen LogP contribution in [0.2, 0.25) is 0 Å². The van der Waals surface area contributed by atoms with Crippen molar-refractivity contribution in [3.63, 3.8) is 0 Å². The first-order chi connectivity index (χ1) is 22.2. The predicted octanol–water partition coefficient (Wildman–Crippen LogP) is 10.1. The summed E-state index contributed by atoms with van der Waals surface area (Å²) in [6.07, 6.45) is 0. The van der Waals surface area contributed by atoms with Crippen LogP contribution in [0.25, 0.3) is 72.5 Å². The smallest absolute Gasteiger partial charge is 0.160 e. The fourth-order valence-corrected chi connectivity index (χ4v) is 6.02. The van der Waals surface area contributed by atoms with Crippen molar-refractivity contribution in [3.05, 3.63) is 163 Å². The van der Waals surface area contributed by atoms with Crippen LogP contribution in [0.15, 0.2) is 158 Å². The van der Waals surface area contributed by atoms with E-state index in [9.17, 15) is 5.26 Å². The maximum absolute atomic E-state index is 9.33. The fourth-order valence-electron chi connectivity index (χ4n) is 6.02. The van der Waals surface area contributed by atoms with Gasteiger partial charge in [0.2, 0.25) is 0 Å². The van der Waals surface area contributed by atoms with Crippen molar-refractivity contribution in [2.45, 2.75) is 0 Å². The molecule has 0 aliphatic rings. The molecule has 0 aliphatic carbocycles. The highest BCUT2D eigenvalue weighted by atomic mass is 15.0. The molecule has 0 N–H and O–H groups in total. The van der Waals surface area contributed by atoms with Crippen LogP contribution in [0.1, 0.15) is 5.56 Å². The van der Waals surface area contributed by atoms with Gasteiger partial charge in [0.15, 0.2) is 5.82 Å². The SMILES string of the molecule is N#Cc1ccc(-c2cc(-c3ccccc3)nc(-c3ccc4c(c3)c3cc(-c5ccccc5)ccc3n4-c3ccccc3)n2)cc1. The van der Waals surface area contributed by atoms with E-state index in [0.717, 1.165) is 50.2 Å². The van der Waals surface area contributed by atoms with E-state index >= 15 is 0 Å². The van der Waals surface area contributed by atoms with E-state index in [1.807, 2.05) is 60.7 Å². The Morgan fingerprint density at radius 3 is 1.53 bits per heavy atom. The second kappa shape index (κ2) is 11.1. The van der Waals surface area contributed by atoms with Gasteiger partial charge in [0.25, 0.3) is 0 Å². The number of nitrogens with zero attached hydrogens (tertiary/aromatic N) is 4. The minimum Gasteiger partial charge on any atom is -0.309 e. The summed E-state index contributed by atoms with van der Waals surface area (Å²) >= 11 is 0. The van der Waals surface area contributed by atoms with Crippen LogP contribution in [-0.2, 0) is 0 Å². The molecule has 0 radical (unpaired) electrons. The number of hydrogen-bond acceptors (Lipinski definition) is 3.